The first-order chi connectivity index (χ1) is 16.4. The van der Waals surface area contributed by atoms with Crippen LogP contribution in [0.2, 0.25) is 0 Å². The molecule has 0 aromatic heterocycles. The number of nitrogens with zero attached hydrogens (tertiary/aromatic N) is 1. The summed E-state index contributed by atoms with van der Waals surface area (Å²) in [5.41, 5.74) is 0.984. The largest absolute Gasteiger partial charge is 0.506 e. The van der Waals surface area contributed by atoms with Gasteiger partial charge in [-0.05, 0) is 56.5 Å². The van der Waals surface area contributed by atoms with Gasteiger partial charge >= 0.3 is 0 Å². The zero-order valence-electron chi connectivity index (χ0n) is 20.0. The molecule has 1 aliphatic heterocycles. The third kappa shape index (κ3) is 4.22. The first kappa shape index (κ1) is 23.7. The molecule has 1 amide bonds. The summed E-state index contributed by atoms with van der Waals surface area (Å²) in [4.78, 5) is 28.4. The molecule has 0 radical (unpaired) electrons. The number of ketones is 1. The van der Waals surface area contributed by atoms with Crippen molar-refractivity contribution in [1.29, 1.82) is 0 Å². The summed E-state index contributed by atoms with van der Waals surface area (Å²) >= 11 is 0. The monoisotopic (exact) mass is 465 g/mol. The van der Waals surface area contributed by atoms with Crippen molar-refractivity contribution in [2.45, 2.75) is 57.7 Å². The van der Waals surface area contributed by atoms with E-state index < -0.39 is 17.7 Å². The first-order valence-electron chi connectivity index (χ1n) is 11.7. The van der Waals surface area contributed by atoms with Crippen LogP contribution < -0.4 is 14.2 Å². The van der Waals surface area contributed by atoms with Gasteiger partial charge in [0.2, 0.25) is 0 Å². The summed E-state index contributed by atoms with van der Waals surface area (Å²) in [5.74, 6) is -0.285. The number of methoxy groups -OCH3 is 2. The van der Waals surface area contributed by atoms with E-state index in [9.17, 15) is 14.7 Å². The van der Waals surface area contributed by atoms with Crippen molar-refractivity contribution >= 4 is 17.4 Å². The van der Waals surface area contributed by atoms with Gasteiger partial charge in [0.15, 0.2) is 0 Å². The lowest BCUT2D eigenvalue weighted by atomic mass is 9.94. The summed E-state index contributed by atoms with van der Waals surface area (Å²) in [6, 6.07) is 11.7. The van der Waals surface area contributed by atoms with Crippen molar-refractivity contribution < 1.29 is 28.9 Å². The van der Waals surface area contributed by atoms with Crippen LogP contribution in [0.3, 0.4) is 0 Å². The van der Waals surface area contributed by atoms with Crippen LogP contribution in [0.4, 0.5) is 0 Å². The second-order valence-electron chi connectivity index (χ2n) is 8.92. The topological polar surface area (TPSA) is 85.3 Å². The molecule has 7 heteroatoms. The van der Waals surface area contributed by atoms with Gasteiger partial charge in [0.25, 0.3) is 11.7 Å². The number of rotatable bonds is 7. The Morgan fingerprint density at radius 1 is 1.00 bits per heavy atom. The van der Waals surface area contributed by atoms with E-state index in [1.165, 1.54) is 14.2 Å². The Bertz CT molecular complexity index is 1090. The number of hydrogen-bond acceptors (Lipinski definition) is 6. The lowest BCUT2D eigenvalue weighted by Crippen LogP contribution is -2.37. The van der Waals surface area contributed by atoms with Gasteiger partial charge in [-0.15, -0.1) is 0 Å². The zero-order valence-corrected chi connectivity index (χ0v) is 20.0. The predicted octanol–water partition coefficient (Wildman–Crippen LogP) is 4.86. The van der Waals surface area contributed by atoms with Crippen LogP contribution in [0.1, 0.15) is 56.7 Å². The molecule has 0 spiro atoms. The van der Waals surface area contributed by atoms with E-state index >= 15 is 0 Å². The molecule has 4 rings (SSSR count). The molecule has 2 aromatic carbocycles. The molecule has 2 aromatic rings. The maximum atomic E-state index is 13.4. The van der Waals surface area contributed by atoms with Crippen LogP contribution in [0.25, 0.3) is 5.76 Å². The number of benzene rings is 2. The number of ether oxygens (including phenoxy) is 3. The fourth-order valence-corrected chi connectivity index (χ4v) is 4.99. The number of carbonyl (C=O) groups excluding carboxylic acids is 2. The fraction of sp³-hybridized carbons (Fsp3) is 0.407. The molecule has 1 heterocycles. The molecule has 1 saturated carbocycles. The summed E-state index contributed by atoms with van der Waals surface area (Å²) in [7, 11) is 2.96. The van der Waals surface area contributed by atoms with E-state index in [4.69, 9.17) is 14.2 Å². The van der Waals surface area contributed by atoms with Gasteiger partial charge in [0.05, 0.1) is 31.9 Å². The first-order valence-corrected chi connectivity index (χ1v) is 11.7. The minimum Gasteiger partial charge on any atom is -0.506 e. The number of hydrogen-bond donors (Lipinski definition) is 1. The second-order valence-corrected chi connectivity index (χ2v) is 8.92. The molecule has 1 atom stereocenters. The summed E-state index contributed by atoms with van der Waals surface area (Å²) < 4.78 is 16.8. The third-order valence-electron chi connectivity index (χ3n) is 6.41. The highest BCUT2D eigenvalue weighted by atomic mass is 16.5. The van der Waals surface area contributed by atoms with Gasteiger partial charge in [-0.2, -0.15) is 0 Å². The van der Waals surface area contributed by atoms with Crippen molar-refractivity contribution in [3.8, 4) is 17.2 Å². The van der Waals surface area contributed by atoms with Crippen molar-refractivity contribution in [2.24, 2.45) is 0 Å². The Morgan fingerprint density at radius 2 is 1.62 bits per heavy atom. The van der Waals surface area contributed by atoms with E-state index in [2.05, 4.69) is 0 Å². The van der Waals surface area contributed by atoms with Crippen LogP contribution >= 0.6 is 0 Å². The summed E-state index contributed by atoms with van der Waals surface area (Å²) in [6.07, 6.45) is 3.61. The molecule has 1 N–H and O–H groups in total. The molecule has 1 aliphatic carbocycles. The molecular formula is C27H31NO6. The Hall–Kier alpha value is -3.48. The molecule has 34 heavy (non-hydrogen) atoms. The van der Waals surface area contributed by atoms with E-state index in [0.29, 0.717) is 22.8 Å². The molecule has 0 bridgehead atoms. The average molecular weight is 466 g/mol. The number of carbonyl (C=O) groups is 2. The molecule has 7 nitrogen and oxygen atoms in total. The van der Waals surface area contributed by atoms with E-state index in [1.807, 2.05) is 38.1 Å². The Morgan fingerprint density at radius 3 is 2.21 bits per heavy atom. The number of aliphatic hydroxyl groups excluding tert-OH is 1. The highest BCUT2D eigenvalue weighted by Crippen LogP contribution is 2.46. The molecule has 1 saturated heterocycles. The van der Waals surface area contributed by atoms with Crippen molar-refractivity contribution in [1.82, 2.24) is 4.90 Å². The summed E-state index contributed by atoms with van der Waals surface area (Å²) in [6.45, 7) is 3.87. The van der Waals surface area contributed by atoms with Gasteiger partial charge in [0, 0.05) is 6.04 Å². The molecule has 1 unspecified atom stereocenters. The van der Waals surface area contributed by atoms with Crippen LogP contribution in [-0.2, 0) is 9.59 Å². The van der Waals surface area contributed by atoms with E-state index in [-0.39, 0.29) is 29.0 Å². The predicted molar refractivity (Wildman–Crippen MR) is 128 cm³/mol. The van der Waals surface area contributed by atoms with Gasteiger partial charge in [-0.25, -0.2) is 0 Å². The van der Waals surface area contributed by atoms with Crippen molar-refractivity contribution in [3.63, 3.8) is 0 Å². The number of aliphatic hydroxyl groups is 1. The molecule has 2 fully saturated rings. The molecule has 180 valence electrons. The van der Waals surface area contributed by atoms with Crippen LogP contribution in [0, 0.1) is 0 Å². The van der Waals surface area contributed by atoms with Crippen molar-refractivity contribution in [3.05, 3.63) is 59.2 Å². The maximum Gasteiger partial charge on any atom is 0.295 e. The van der Waals surface area contributed by atoms with Gasteiger partial charge in [0.1, 0.15) is 28.6 Å². The Balaban J connectivity index is 1.94. The van der Waals surface area contributed by atoms with E-state index in [0.717, 1.165) is 25.7 Å². The minimum atomic E-state index is -0.742. The molecule has 2 aliphatic rings. The third-order valence-corrected chi connectivity index (χ3v) is 6.41. The highest BCUT2D eigenvalue weighted by Gasteiger charge is 2.49. The quantitative estimate of drug-likeness (QED) is 0.357. The smallest absolute Gasteiger partial charge is 0.295 e. The fourth-order valence-electron chi connectivity index (χ4n) is 4.99. The zero-order chi connectivity index (χ0) is 24.4. The number of Topliss-reactive ketones (excluding diaryl/α,β-unsaturated/α-hetero) is 1. The van der Waals surface area contributed by atoms with Gasteiger partial charge in [-0.1, -0.05) is 31.0 Å². The van der Waals surface area contributed by atoms with Crippen LogP contribution in [0.5, 0.6) is 17.2 Å². The SMILES string of the molecule is COc1cccc(OC)c1/C(O)=C1\C(=O)C(=O)N(C2CCCC2)C1c1cccc(OC(C)C)c1. The van der Waals surface area contributed by atoms with Gasteiger partial charge in [-0.3, -0.25) is 9.59 Å². The van der Waals surface area contributed by atoms with Gasteiger partial charge < -0.3 is 24.2 Å². The average Bonchev–Trinajstić information content (AvgIpc) is 3.44. The second kappa shape index (κ2) is 9.79. The number of amides is 1. The maximum absolute atomic E-state index is 13.4. The normalized spacial score (nSPS) is 20.3. The van der Waals surface area contributed by atoms with Crippen LogP contribution in [-0.4, -0.2) is 48.1 Å². The van der Waals surface area contributed by atoms with Crippen molar-refractivity contribution in [2.75, 3.05) is 14.2 Å². The van der Waals surface area contributed by atoms with Crippen LogP contribution in [0.15, 0.2) is 48.0 Å². The van der Waals surface area contributed by atoms with E-state index in [1.54, 1.807) is 23.1 Å². The standard InChI is InChI=1S/C27H31NO6/c1-16(2)34-19-12-7-9-17(15-19)24-23(26(30)27(31)28(24)18-10-5-6-11-18)25(29)22-20(32-3)13-8-14-21(22)33-4/h7-9,12-16,18,24,29H,5-6,10-11H2,1-4H3/b25-23+. The molecular weight excluding hydrogens is 434 g/mol. The minimum absolute atomic E-state index is 0.0291. The Labute approximate surface area is 199 Å². The lowest BCUT2D eigenvalue weighted by Gasteiger charge is -2.31. The summed E-state index contributed by atoms with van der Waals surface area (Å²) in [5, 5.41) is 11.5. The Kier molecular flexibility index (Phi) is 6.82. The number of likely N-dealkylation sites (tertiary alicyclic amines) is 1. The highest BCUT2D eigenvalue weighted by molar-refractivity contribution is 6.46. The lowest BCUT2D eigenvalue weighted by molar-refractivity contribution is -0.141.